The highest BCUT2D eigenvalue weighted by molar-refractivity contribution is 5.72. The third-order valence-electron chi connectivity index (χ3n) is 10.6. The van der Waals surface area contributed by atoms with E-state index in [0.717, 1.165) is 70.6 Å². The summed E-state index contributed by atoms with van der Waals surface area (Å²) in [4.78, 5) is 37.7. The van der Waals surface area contributed by atoms with Gasteiger partial charge < -0.3 is 14.2 Å². The van der Waals surface area contributed by atoms with Crippen LogP contribution in [0.5, 0.6) is 0 Å². The van der Waals surface area contributed by atoms with Crippen LogP contribution in [-0.4, -0.2) is 37.2 Å². The van der Waals surface area contributed by atoms with Crippen molar-refractivity contribution in [3.8, 4) is 0 Å². The number of rotatable bonds is 44. The molecule has 0 saturated carbocycles. The van der Waals surface area contributed by atoms with Crippen molar-refractivity contribution in [3.05, 3.63) is 60.8 Å². The van der Waals surface area contributed by atoms with Gasteiger partial charge in [0.2, 0.25) is 0 Å². The van der Waals surface area contributed by atoms with Crippen molar-refractivity contribution >= 4 is 17.9 Å². The van der Waals surface area contributed by atoms with Crippen LogP contribution in [0.1, 0.15) is 239 Å². The van der Waals surface area contributed by atoms with Gasteiger partial charge in [0.25, 0.3) is 0 Å². The molecule has 6 nitrogen and oxygen atoms in total. The van der Waals surface area contributed by atoms with E-state index in [1.165, 1.54) is 128 Å². The van der Waals surface area contributed by atoms with E-state index in [2.05, 4.69) is 69.4 Å². The highest BCUT2D eigenvalue weighted by Gasteiger charge is 2.19. The van der Waals surface area contributed by atoms with Crippen LogP contribution in [0, 0.1) is 0 Å². The minimum atomic E-state index is -0.816. The SMILES string of the molecule is CC/C=C\C/C=C\C/C=C\CC(=O)OCC(COC(=O)CCCCC/C=C\C=C/CCCCCCCCC)OC(=O)CCCCCCCCCCCCCCCCCC. The van der Waals surface area contributed by atoms with Crippen molar-refractivity contribution in [2.45, 2.75) is 245 Å². The van der Waals surface area contributed by atoms with Gasteiger partial charge in [0, 0.05) is 12.8 Å². The standard InChI is InChI=1S/C53H92O6/c1-4-7-10-13-16-19-21-23-25-27-29-31-34-37-40-43-46-52(55)58-49-50(48-57-51(54)45-42-39-36-33-18-15-12-9-6-3)59-53(56)47-44-41-38-35-32-30-28-26-24-22-20-17-14-11-8-5-2/h9,12,18,25,27,29,31,33,39,42,50H,4-8,10-11,13-17,19-24,26,28,30,32,34-38,40-41,43-49H2,1-3H3/b12-9-,27-25-,31-29-,33-18-,42-39-. The second-order valence-corrected chi connectivity index (χ2v) is 16.4. The molecule has 0 fully saturated rings. The van der Waals surface area contributed by atoms with E-state index < -0.39 is 12.1 Å². The Bertz CT molecular complexity index is 1090. The molecule has 0 radical (unpaired) electrons. The van der Waals surface area contributed by atoms with Crippen molar-refractivity contribution in [1.29, 1.82) is 0 Å². The maximum absolute atomic E-state index is 12.7. The molecule has 0 aromatic carbocycles. The summed E-state index contributed by atoms with van der Waals surface area (Å²) in [5.41, 5.74) is 0. The Balaban J connectivity index is 4.41. The lowest BCUT2D eigenvalue weighted by molar-refractivity contribution is -0.166. The molecule has 0 bridgehead atoms. The molecule has 0 N–H and O–H groups in total. The first-order valence-corrected chi connectivity index (χ1v) is 24.8. The lowest BCUT2D eigenvalue weighted by Gasteiger charge is -2.18. The summed E-state index contributed by atoms with van der Waals surface area (Å²) in [7, 11) is 0. The highest BCUT2D eigenvalue weighted by Crippen LogP contribution is 2.15. The molecule has 59 heavy (non-hydrogen) atoms. The first-order chi connectivity index (χ1) is 29.0. The quantitative estimate of drug-likeness (QED) is 0.0200. The molecule has 0 aliphatic carbocycles. The van der Waals surface area contributed by atoms with E-state index in [0.29, 0.717) is 12.8 Å². The zero-order chi connectivity index (χ0) is 43.0. The molecule has 0 amide bonds. The van der Waals surface area contributed by atoms with Gasteiger partial charge in [-0.1, -0.05) is 223 Å². The van der Waals surface area contributed by atoms with Crippen molar-refractivity contribution in [2.75, 3.05) is 13.2 Å². The van der Waals surface area contributed by atoms with Crippen LogP contribution >= 0.6 is 0 Å². The predicted octanol–water partition coefficient (Wildman–Crippen LogP) is 16.1. The third-order valence-corrected chi connectivity index (χ3v) is 10.6. The molecule has 1 unspecified atom stereocenters. The zero-order valence-corrected chi connectivity index (χ0v) is 38.8. The van der Waals surface area contributed by atoms with E-state index in [-0.39, 0.29) is 31.6 Å². The number of hydrogen-bond donors (Lipinski definition) is 0. The summed E-state index contributed by atoms with van der Waals surface area (Å²) in [6.45, 7) is 6.40. The fourth-order valence-electron chi connectivity index (χ4n) is 6.85. The minimum Gasteiger partial charge on any atom is -0.462 e. The minimum absolute atomic E-state index is 0.113. The summed E-state index contributed by atoms with van der Waals surface area (Å²) in [6.07, 6.45) is 58.2. The molecule has 0 spiro atoms. The Morgan fingerprint density at radius 3 is 1.24 bits per heavy atom. The van der Waals surface area contributed by atoms with Gasteiger partial charge in [-0.05, 0) is 57.8 Å². The molecular formula is C53H92O6. The number of ether oxygens (including phenoxy) is 3. The second-order valence-electron chi connectivity index (χ2n) is 16.4. The van der Waals surface area contributed by atoms with Gasteiger partial charge in [-0.2, -0.15) is 0 Å². The smallest absolute Gasteiger partial charge is 0.309 e. The monoisotopic (exact) mass is 825 g/mol. The molecular weight excluding hydrogens is 733 g/mol. The number of unbranched alkanes of at least 4 members (excludes halogenated alkanes) is 25. The molecule has 0 aliphatic rings. The van der Waals surface area contributed by atoms with Crippen molar-refractivity contribution < 1.29 is 28.6 Å². The van der Waals surface area contributed by atoms with Crippen LogP contribution in [0.25, 0.3) is 0 Å². The Labute approximate surface area is 364 Å². The first-order valence-electron chi connectivity index (χ1n) is 24.8. The average Bonchev–Trinajstić information content (AvgIpc) is 3.23. The number of esters is 3. The summed E-state index contributed by atoms with van der Waals surface area (Å²) in [5, 5.41) is 0. The van der Waals surface area contributed by atoms with E-state index >= 15 is 0 Å². The Kier molecular flexibility index (Phi) is 45.4. The predicted molar refractivity (Wildman–Crippen MR) is 251 cm³/mol. The van der Waals surface area contributed by atoms with Gasteiger partial charge in [0.05, 0.1) is 6.42 Å². The maximum Gasteiger partial charge on any atom is 0.309 e. The van der Waals surface area contributed by atoms with E-state index in [1.807, 2.05) is 6.08 Å². The third kappa shape index (κ3) is 46.0. The van der Waals surface area contributed by atoms with Gasteiger partial charge in [-0.3, -0.25) is 14.4 Å². The van der Waals surface area contributed by atoms with Crippen LogP contribution in [-0.2, 0) is 28.6 Å². The fraction of sp³-hybridized carbons (Fsp3) is 0.755. The number of allylic oxidation sites excluding steroid dienone is 9. The van der Waals surface area contributed by atoms with Crippen LogP contribution in [0.15, 0.2) is 60.8 Å². The summed E-state index contributed by atoms with van der Waals surface area (Å²) in [5.74, 6) is -1.06. The molecule has 0 rings (SSSR count). The summed E-state index contributed by atoms with van der Waals surface area (Å²) < 4.78 is 16.6. The number of hydrogen-bond acceptors (Lipinski definition) is 6. The average molecular weight is 825 g/mol. The van der Waals surface area contributed by atoms with Crippen molar-refractivity contribution in [3.63, 3.8) is 0 Å². The molecule has 0 aliphatic heterocycles. The lowest BCUT2D eigenvalue weighted by Crippen LogP contribution is -2.30. The number of carbonyl (C=O) groups excluding carboxylic acids is 3. The van der Waals surface area contributed by atoms with Crippen LogP contribution < -0.4 is 0 Å². The van der Waals surface area contributed by atoms with Gasteiger partial charge in [0.15, 0.2) is 6.10 Å². The zero-order valence-electron chi connectivity index (χ0n) is 38.8. The summed E-state index contributed by atoms with van der Waals surface area (Å²) >= 11 is 0. The Hall–Kier alpha value is -2.89. The molecule has 0 heterocycles. The largest absolute Gasteiger partial charge is 0.462 e. The second kappa shape index (κ2) is 47.8. The van der Waals surface area contributed by atoms with Gasteiger partial charge in [-0.25, -0.2) is 0 Å². The van der Waals surface area contributed by atoms with Gasteiger partial charge >= 0.3 is 17.9 Å². The van der Waals surface area contributed by atoms with Gasteiger partial charge in [0.1, 0.15) is 13.2 Å². The normalized spacial score (nSPS) is 12.5. The van der Waals surface area contributed by atoms with E-state index in [1.54, 1.807) is 6.08 Å². The molecule has 0 aromatic rings. The molecule has 6 heteroatoms. The first kappa shape index (κ1) is 56.1. The number of carbonyl (C=O) groups is 3. The van der Waals surface area contributed by atoms with Gasteiger partial charge in [-0.15, -0.1) is 0 Å². The maximum atomic E-state index is 12.7. The Morgan fingerprint density at radius 2 is 0.763 bits per heavy atom. The van der Waals surface area contributed by atoms with Crippen molar-refractivity contribution in [2.24, 2.45) is 0 Å². The lowest BCUT2D eigenvalue weighted by atomic mass is 10.0. The topological polar surface area (TPSA) is 78.9 Å². The van der Waals surface area contributed by atoms with Crippen LogP contribution in [0.4, 0.5) is 0 Å². The Morgan fingerprint density at radius 1 is 0.390 bits per heavy atom. The van der Waals surface area contributed by atoms with E-state index in [4.69, 9.17) is 14.2 Å². The van der Waals surface area contributed by atoms with Crippen LogP contribution in [0.2, 0.25) is 0 Å². The van der Waals surface area contributed by atoms with E-state index in [9.17, 15) is 14.4 Å². The molecule has 0 aromatic heterocycles. The summed E-state index contributed by atoms with van der Waals surface area (Å²) in [6, 6.07) is 0. The molecule has 340 valence electrons. The molecule has 0 saturated heterocycles. The highest BCUT2D eigenvalue weighted by atomic mass is 16.6. The van der Waals surface area contributed by atoms with Crippen LogP contribution in [0.3, 0.4) is 0 Å². The molecule has 1 atom stereocenters. The van der Waals surface area contributed by atoms with Crippen molar-refractivity contribution in [1.82, 2.24) is 0 Å². The fourth-order valence-corrected chi connectivity index (χ4v) is 6.85.